The van der Waals surface area contributed by atoms with Crippen LogP contribution in [0.1, 0.15) is 23.9 Å². The van der Waals surface area contributed by atoms with Crippen molar-refractivity contribution in [2.45, 2.75) is 25.8 Å². The van der Waals surface area contributed by atoms with Gasteiger partial charge in [0.25, 0.3) is 0 Å². The fourth-order valence-corrected chi connectivity index (χ4v) is 2.38. The van der Waals surface area contributed by atoms with Crippen molar-refractivity contribution in [3.63, 3.8) is 0 Å². The van der Waals surface area contributed by atoms with Gasteiger partial charge in [-0.1, -0.05) is 6.92 Å². The highest BCUT2D eigenvalue weighted by molar-refractivity contribution is 5.39. The normalized spacial score (nSPS) is 30.8. The van der Waals surface area contributed by atoms with Crippen LogP contribution in [0.4, 0.5) is 0 Å². The topological polar surface area (TPSA) is 64.1 Å². The van der Waals surface area contributed by atoms with Gasteiger partial charge in [0.1, 0.15) is 0 Å². The zero-order chi connectivity index (χ0) is 10.5. The largest absolute Gasteiger partial charge is 0.394 e. The Hall–Kier alpha value is -0.870. The molecule has 4 nitrogen and oxygen atoms in total. The van der Waals surface area contributed by atoms with Gasteiger partial charge in [-0.15, -0.1) is 0 Å². The van der Waals surface area contributed by atoms with Crippen molar-refractivity contribution < 1.29 is 5.11 Å². The molecule has 0 bridgehead atoms. The first-order valence-electron chi connectivity index (χ1n) is 4.93. The van der Waals surface area contributed by atoms with E-state index in [-0.39, 0.29) is 12.5 Å². The number of aryl methyl sites for hydroxylation is 1. The summed E-state index contributed by atoms with van der Waals surface area (Å²) in [5, 5.41) is 13.8. The van der Waals surface area contributed by atoms with Crippen molar-refractivity contribution in [1.82, 2.24) is 9.78 Å². The first kappa shape index (κ1) is 9.68. The number of fused-ring (bicyclic) bond motifs is 1. The second-order valence-electron chi connectivity index (χ2n) is 4.33. The van der Waals surface area contributed by atoms with E-state index in [0.29, 0.717) is 0 Å². The summed E-state index contributed by atoms with van der Waals surface area (Å²) in [5.74, 6) is 0.268. The monoisotopic (exact) mass is 195 g/mol. The van der Waals surface area contributed by atoms with Crippen molar-refractivity contribution >= 4 is 0 Å². The molecule has 0 aliphatic heterocycles. The number of hydrogen-bond donors (Lipinski definition) is 2. The molecule has 4 heteroatoms. The molecule has 1 aliphatic carbocycles. The van der Waals surface area contributed by atoms with Gasteiger partial charge in [0.2, 0.25) is 0 Å². The highest BCUT2D eigenvalue weighted by atomic mass is 16.3. The SMILES string of the molecule is Cc1c2c(nn1C)CC(C)C2(N)CO. The van der Waals surface area contributed by atoms with Crippen LogP contribution in [0, 0.1) is 12.8 Å². The third-order valence-corrected chi connectivity index (χ3v) is 3.51. The molecule has 0 saturated carbocycles. The molecule has 0 spiro atoms. The molecular formula is C10H17N3O. The van der Waals surface area contributed by atoms with Gasteiger partial charge in [-0.05, 0) is 19.3 Å². The maximum absolute atomic E-state index is 9.41. The van der Waals surface area contributed by atoms with E-state index in [4.69, 9.17) is 5.73 Å². The molecule has 2 unspecified atom stereocenters. The van der Waals surface area contributed by atoms with Crippen LogP contribution in [0.25, 0.3) is 0 Å². The first-order chi connectivity index (χ1) is 6.50. The van der Waals surface area contributed by atoms with Gasteiger partial charge in [0.15, 0.2) is 0 Å². The molecule has 0 saturated heterocycles. The van der Waals surface area contributed by atoms with E-state index >= 15 is 0 Å². The van der Waals surface area contributed by atoms with Gasteiger partial charge in [-0.25, -0.2) is 0 Å². The summed E-state index contributed by atoms with van der Waals surface area (Å²) in [6.45, 7) is 4.06. The summed E-state index contributed by atoms with van der Waals surface area (Å²) < 4.78 is 1.84. The molecule has 1 aromatic rings. The third-order valence-electron chi connectivity index (χ3n) is 3.51. The van der Waals surface area contributed by atoms with Crippen LogP contribution >= 0.6 is 0 Å². The summed E-state index contributed by atoms with van der Waals surface area (Å²) in [6, 6.07) is 0. The summed E-state index contributed by atoms with van der Waals surface area (Å²) in [7, 11) is 1.91. The zero-order valence-corrected chi connectivity index (χ0v) is 8.91. The lowest BCUT2D eigenvalue weighted by molar-refractivity contribution is 0.158. The van der Waals surface area contributed by atoms with Crippen LogP contribution < -0.4 is 5.73 Å². The molecule has 0 fully saturated rings. The molecule has 2 rings (SSSR count). The Labute approximate surface area is 83.7 Å². The van der Waals surface area contributed by atoms with Crippen LogP contribution in [-0.4, -0.2) is 21.5 Å². The Kier molecular flexibility index (Phi) is 1.94. The van der Waals surface area contributed by atoms with Crippen molar-refractivity contribution in [2.24, 2.45) is 18.7 Å². The lowest BCUT2D eigenvalue weighted by Gasteiger charge is -2.28. The van der Waals surface area contributed by atoms with Crippen molar-refractivity contribution in [3.8, 4) is 0 Å². The average Bonchev–Trinajstić information content (AvgIpc) is 2.54. The lowest BCUT2D eigenvalue weighted by Crippen LogP contribution is -2.44. The van der Waals surface area contributed by atoms with Crippen LogP contribution in [0.3, 0.4) is 0 Å². The van der Waals surface area contributed by atoms with Gasteiger partial charge in [0.05, 0.1) is 17.8 Å². The number of hydrogen-bond acceptors (Lipinski definition) is 3. The van der Waals surface area contributed by atoms with Crippen molar-refractivity contribution in [2.75, 3.05) is 6.61 Å². The van der Waals surface area contributed by atoms with E-state index in [1.165, 1.54) is 0 Å². The number of aliphatic hydroxyl groups is 1. The Morgan fingerprint density at radius 2 is 2.36 bits per heavy atom. The van der Waals surface area contributed by atoms with E-state index in [2.05, 4.69) is 12.0 Å². The van der Waals surface area contributed by atoms with Crippen LogP contribution in [0.5, 0.6) is 0 Å². The lowest BCUT2D eigenvalue weighted by atomic mass is 9.86. The van der Waals surface area contributed by atoms with Gasteiger partial charge >= 0.3 is 0 Å². The molecule has 14 heavy (non-hydrogen) atoms. The molecule has 0 radical (unpaired) electrons. The number of nitrogens with zero attached hydrogens (tertiary/aromatic N) is 2. The maximum Gasteiger partial charge on any atom is 0.0710 e. The minimum absolute atomic E-state index is 0.00625. The predicted octanol–water partition coefficient (Wildman–Crippen LogP) is 0.0670. The smallest absolute Gasteiger partial charge is 0.0710 e. The van der Waals surface area contributed by atoms with E-state index < -0.39 is 5.54 Å². The number of aromatic nitrogens is 2. The predicted molar refractivity (Wildman–Crippen MR) is 53.8 cm³/mol. The summed E-state index contributed by atoms with van der Waals surface area (Å²) in [4.78, 5) is 0. The van der Waals surface area contributed by atoms with Crippen LogP contribution in [-0.2, 0) is 19.0 Å². The van der Waals surface area contributed by atoms with Crippen molar-refractivity contribution in [3.05, 3.63) is 17.0 Å². The Morgan fingerprint density at radius 3 is 2.93 bits per heavy atom. The van der Waals surface area contributed by atoms with E-state index in [1.54, 1.807) is 0 Å². The fourth-order valence-electron chi connectivity index (χ4n) is 2.38. The minimum atomic E-state index is -0.590. The summed E-state index contributed by atoms with van der Waals surface area (Å²) in [5.41, 5.74) is 8.81. The number of nitrogens with two attached hydrogens (primary N) is 1. The zero-order valence-electron chi connectivity index (χ0n) is 8.91. The molecule has 1 aromatic heterocycles. The third kappa shape index (κ3) is 0.980. The number of aliphatic hydroxyl groups excluding tert-OH is 1. The van der Waals surface area contributed by atoms with Gasteiger partial charge < -0.3 is 10.8 Å². The second kappa shape index (κ2) is 2.81. The number of rotatable bonds is 1. The fraction of sp³-hybridized carbons (Fsp3) is 0.700. The summed E-state index contributed by atoms with van der Waals surface area (Å²) in [6.07, 6.45) is 0.869. The van der Waals surface area contributed by atoms with Crippen LogP contribution in [0.15, 0.2) is 0 Å². The Balaban J connectivity index is 2.60. The van der Waals surface area contributed by atoms with E-state index in [1.807, 2.05) is 18.7 Å². The minimum Gasteiger partial charge on any atom is -0.394 e. The second-order valence-corrected chi connectivity index (χ2v) is 4.33. The molecular weight excluding hydrogens is 178 g/mol. The molecule has 78 valence electrons. The molecule has 1 heterocycles. The van der Waals surface area contributed by atoms with Gasteiger partial charge in [-0.2, -0.15) is 5.10 Å². The Morgan fingerprint density at radius 1 is 1.71 bits per heavy atom. The van der Waals surface area contributed by atoms with Crippen molar-refractivity contribution in [1.29, 1.82) is 0 Å². The molecule has 3 N–H and O–H groups in total. The quantitative estimate of drug-likeness (QED) is 0.666. The Bertz CT molecular complexity index is 372. The highest BCUT2D eigenvalue weighted by Crippen LogP contribution is 2.40. The molecule has 2 atom stereocenters. The van der Waals surface area contributed by atoms with Gasteiger partial charge in [0, 0.05) is 18.3 Å². The molecule has 0 amide bonds. The first-order valence-corrected chi connectivity index (χ1v) is 4.93. The summed E-state index contributed by atoms with van der Waals surface area (Å²) >= 11 is 0. The standard InChI is InChI=1S/C10H17N3O/c1-6-4-8-9(10(6,11)5-14)7(2)13(3)12-8/h6,14H,4-5,11H2,1-3H3. The highest BCUT2D eigenvalue weighted by Gasteiger charge is 2.44. The van der Waals surface area contributed by atoms with E-state index in [9.17, 15) is 5.11 Å². The van der Waals surface area contributed by atoms with Crippen LogP contribution in [0.2, 0.25) is 0 Å². The average molecular weight is 195 g/mol. The van der Waals surface area contributed by atoms with E-state index in [0.717, 1.165) is 23.4 Å². The maximum atomic E-state index is 9.41. The molecule has 1 aliphatic rings. The molecule has 0 aromatic carbocycles. The van der Waals surface area contributed by atoms with Gasteiger partial charge in [-0.3, -0.25) is 4.68 Å².